The molecule has 3 rings (SSSR count). The molecule has 0 radical (unpaired) electrons. The summed E-state index contributed by atoms with van der Waals surface area (Å²) in [5.41, 5.74) is 1.33. The standard InChI is InChI=1S/C19H27N5O4S2/c1-4-23(5-2)30(27,28)17-6-7-18(19(12-17)24(25)26)22-10-8-21(9-11-22)13-16-14-29-15(3)20-16/h6-7,12,14H,4-5,8-11,13H2,1-3H3. The minimum Gasteiger partial charge on any atom is -0.363 e. The van der Waals surface area contributed by atoms with Crippen LogP contribution in [0.3, 0.4) is 0 Å². The van der Waals surface area contributed by atoms with E-state index in [1.165, 1.54) is 16.4 Å². The van der Waals surface area contributed by atoms with Gasteiger partial charge in [-0.2, -0.15) is 4.31 Å². The van der Waals surface area contributed by atoms with E-state index >= 15 is 0 Å². The Balaban J connectivity index is 1.77. The van der Waals surface area contributed by atoms with Crippen molar-refractivity contribution < 1.29 is 13.3 Å². The van der Waals surface area contributed by atoms with Gasteiger partial charge in [0.15, 0.2) is 0 Å². The topological polar surface area (TPSA) is 99.9 Å². The second kappa shape index (κ2) is 9.38. The van der Waals surface area contributed by atoms with Gasteiger partial charge in [-0.3, -0.25) is 15.0 Å². The molecule has 0 N–H and O–H groups in total. The number of aromatic nitrogens is 1. The predicted octanol–water partition coefficient (Wildman–Crippen LogP) is 2.71. The van der Waals surface area contributed by atoms with Crippen LogP contribution in [0.4, 0.5) is 11.4 Å². The highest BCUT2D eigenvalue weighted by molar-refractivity contribution is 7.89. The summed E-state index contributed by atoms with van der Waals surface area (Å²) in [5.74, 6) is 0. The number of nitro benzene ring substituents is 1. The van der Waals surface area contributed by atoms with E-state index in [-0.39, 0.29) is 10.6 Å². The Bertz CT molecular complexity index is 996. The quantitative estimate of drug-likeness (QED) is 0.447. The number of hydrogen-bond acceptors (Lipinski definition) is 8. The van der Waals surface area contributed by atoms with Gasteiger partial charge in [-0.05, 0) is 19.1 Å². The molecular weight excluding hydrogens is 426 g/mol. The van der Waals surface area contributed by atoms with Crippen LogP contribution in [0, 0.1) is 17.0 Å². The van der Waals surface area contributed by atoms with Crippen LogP contribution in [0.25, 0.3) is 0 Å². The molecule has 1 aromatic heterocycles. The summed E-state index contributed by atoms with van der Waals surface area (Å²) in [6.45, 7) is 9.64. The van der Waals surface area contributed by atoms with Crippen LogP contribution in [-0.2, 0) is 16.6 Å². The number of hydrogen-bond donors (Lipinski definition) is 0. The van der Waals surface area contributed by atoms with E-state index in [2.05, 4.69) is 15.3 Å². The average Bonchev–Trinajstić information content (AvgIpc) is 3.13. The summed E-state index contributed by atoms with van der Waals surface area (Å²) >= 11 is 1.63. The minimum absolute atomic E-state index is 0.0424. The summed E-state index contributed by atoms with van der Waals surface area (Å²) in [6, 6.07) is 4.22. The van der Waals surface area contributed by atoms with Gasteiger partial charge in [-0.1, -0.05) is 13.8 Å². The molecule has 1 aliphatic heterocycles. The molecule has 2 aromatic rings. The van der Waals surface area contributed by atoms with Gasteiger partial charge < -0.3 is 4.90 Å². The highest BCUT2D eigenvalue weighted by Crippen LogP contribution is 2.32. The number of nitro groups is 1. The zero-order chi connectivity index (χ0) is 21.9. The van der Waals surface area contributed by atoms with Crippen molar-refractivity contribution in [2.45, 2.75) is 32.2 Å². The number of aryl methyl sites for hydroxylation is 1. The van der Waals surface area contributed by atoms with Crippen LogP contribution in [0.2, 0.25) is 0 Å². The van der Waals surface area contributed by atoms with Crippen molar-refractivity contribution in [3.63, 3.8) is 0 Å². The second-order valence-corrected chi connectivity index (χ2v) is 10.1. The Morgan fingerprint density at radius 3 is 2.40 bits per heavy atom. The highest BCUT2D eigenvalue weighted by Gasteiger charge is 2.29. The van der Waals surface area contributed by atoms with E-state index in [4.69, 9.17) is 0 Å². The first-order valence-electron chi connectivity index (χ1n) is 9.93. The number of anilines is 1. The Kier molecular flexibility index (Phi) is 7.06. The molecule has 1 fully saturated rings. The molecule has 1 saturated heterocycles. The van der Waals surface area contributed by atoms with E-state index < -0.39 is 14.9 Å². The van der Waals surface area contributed by atoms with Crippen molar-refractivity contribution in [2.75, 3.05) is 44.2 Å². The fraction of sp³-hybridized carbons (Fsp3) is 0.526. The summed E-state index contributed by atoms with van der Waals surface area (Å²) in [7, 11) is -3.75. The van der Waals surface area contributed by atoms with Gasteiger partial charge >= 0.3 is 0 Å². The molecule has 0 spiro atoms. The molecule has 30 heavy (non-hydrogen) atoms. The third-order valence-electron chi connectivity index (χ3n) is 5.25. The lowest BCUT2D eigenvalue weighted by atomic mass is 10.2. The number of thiazole rings is 1. The Morgan fingerprint density at radius 2 is 1.87 bits per heavy atom. The lowest BCUT2D eigenvalue weighted by molar-refractivity contribution is -0.384. The normalized spacial score (nSPS) is 15.7. The SMILES string of the molecule is CCN(CC)S(=O)(=O)c1ccc(N2CCN(Cc3csc(C)n3)CC2)c([N+](=O)[O-])c1. The molecule has 2 heterocycles. The molecular formula is C19H27N5O4S2. The smallest absolute Gasteiger partial charge is 0.293 e. The summed E-state index contributed by atoms with van der Waals surface area (Å²) in [6.07, 6.45) is 0. The first kappa shape index (κ1) is 22.6. The summed E-state index contributed by atoms with van der Waals surface area (Å²) < 4.78 is 26.8. The highest BCUT2D eigenvalue weighted by atomic mass is 32.2. The molecule has 11 heteroatoms. The van der Waals surface area contributed by atoms with Crippen LogP contribution in [-0.4, -0.2) is 66.8 Å². The van der Waals surface area contributed by atoms with E-state index in [1.807, 2.05) is 11.8 Å². The lowest BCUT2D eigenvalue weighted by Crippen LogP contribution is -2.46. The van der Waals surface area contributed by atoms with Gasteiger partial charge in [-0.15, -0.1) is 11.3 Å². The van der Waals surface area contributed by atoms with Crippen molar-refractivity contribution in [3.8, 4) is 0 Å². The van der Waals surface area contributed by atoms with Gasteiger partial charge in [-0.25, -0.2) is 13.4 Å². The van der Waals surface area contributed by atoms with Gasteiger partial charge in [0, 0.05) is 57.3 Å². The van der Waals surface area contributed by atoms with Crippen LogP contribution < -0.4 is 4.90 Å². The van der Waals surface area contributed by atoms with Crippen LogP contribution in [0.5, 0.6) is 0 Å². The molecule has 0 atom stereocenters. The molecule has 9 nitrogen and oxygen atoms in total. The van der Waals surface area contributed by atoms with Crippen molar-refractivity contribution in [1.82, 2.24) is 14.2 Å². The fourth-order valence-corrected chi connectivity index (χ4v) is 5.73. The van der Waals surface area contributed by atoms with E-state index in [0.717, 1.165) is 30.3 Å². The summed E-state index contributed by atoms with van der Waals surface area (Å²) in [5, 5.41) is 14.8. The zero-order valence-electron chi connectivity index (χ0n) is 17.4. The molecule has 0 aliphatic carbocycles. The third kappa shape index (κ3) is 4.80. The first-order valence-corrected chi connectivity index (χ1v) is 12.2. The molecule has 164 valence electrons. The molecule has 0 saturated carbocycles. The van der Waals surface area contributed by atoms with Crippen molar-refractivity contribution in [1.29, 1.82) is 0 Å². The molecule has 1 aliphatic rings. The number of benzene rings is 1. The van der Waals surface area contributed by atoms with E-state index in [0.29, 0.717) is 31.9 Å². The predicted molar refractivity (Wildman–Crippen MR) is 118 cm³/mol. The fourth-order valence-electron chi connectivity index (χ4n) is 3.65. The Labute approximate surface area is 181 Å². The zero-order valence-corrected chi connectivity index (χ0v) is 19.1. The Hall–Kier alpha value is -2.08. The third-order valence-corrected chi connectivity index (χ3v) is 8.12. The number of sulfonamides is 1. The maximum absolute atomic E-state index is 12.8. The van der Waals surface area contributed by atoms with Crippen LogP contribution in [0.15, 0.2) is 28.5 Å². The van der Waals surface area contributed by atoms with Gasteiger partial charge in [0.05, 0.1) is 20.5 Å². The molecule has 0 amide bonds. The Morgan fingerprint density at radius 1 is 1.20 bits per heavy atom. The maximum Gasteiger partial charge on any atom is 0.293 e. The number of piperazine rings is 1. The van der Waals surface area contributed by atoms with Crippen LogP contribution in [0.1, 0.15) is 24.5 Å². The summed E-state index contributed by atoms with van der Waals surface area (Å²) in [4.78, 5) is 19.9. The van der Waals surface area contributed by atoms with Crippen LogP contribution >= 0.6 is 11.3 Å². The van der Waals surface area contributed by atoms with E-state index in [9.17, 15) is 18.5 Å². The maximum atomic E-state index is 12.8. The second-order valence-electron chi connectivity index (χ2n) is 7.12. The monoisotopic (exact) mass is 453 g/mol. The molecule has 1 aromatic carbocycles. The van der Waals surface area contributed by atoms with Crippen molar-refractivity contribution in [2.24, 2.45) is 0 Å². The molecule has 0 bridgehead atoms. The number of nitrogens with zero attached hydrogens (tertiary/aromatic N) is 5. The van der Waals surface area contributed by atoms with Gasteiger partial charge in [0.2, 0.25) is 10.0 Å². The largest absolute Gasteiger partial charge is 0.363 e. The number of rotatable bonds is 8. The van der Waals surface area contributed by atoms with Crippen molar-refractivity contribution >= 4 is 32.7 Å². The lowest BCUT2D eigenvalue weighted by Gasteiger charge is -2.35. The van der Waals surface area contributed by atoms with Crippen molar-refractivity contribution in [3.05, 3.63) is 44.4 Å². The average molecular weight is 454 g/mol. The van der Waals surface area contributed by atoms with E-state index in [1.54, 1.807) is 31.3 Å². The minimum atomic E-state index is -3.75. The van der Waals surface area contributed by atoms with Gasteiger partial charge in [0.1, 0.15) is 5.69 Å². The van der Waals surface area contributed by atoms with Gasteiger partial charge in [0.25, 0.3) is 5.69 Å². The first-order chi connectivity index (χ1) is 14.3. The molecule has 0 unspecified atom stereocenters.